The van der Waals surface area contributed by atoms with Gasteiger partial charge in [0, 0.05) is 16.9 Å². The Hall–Kier alpha value is -2.01. The third-order valence-electron chi connectivity index (χ3n) is 4.75. The van der Waals surface area contributed by atoms with E-state index in [1.54, 1.807) is 13.0 Å². The minimum Gasteiger partial charge on any atom is -0.441 e. The zero-order valence-corrected chi connectivity index (χ0v) is 18.0. The van der Waals surface area contributed by atoms with E-state index in [0.29, 0.717) is 22.3 Å². The molecule has 1 fully saturated rings. The maximum Gasteiger partial charge on any atom is 0.416 e. The van der Waals surface area contributed by atoms with Gasteiger partial charge in [0.1, 0.15) is 11.3 Å². The molecule has 2 heterocycles. The number of aromatic nitrogens is 1. The largest absolute Gasteiger partial charge is 0.441 e. The summed E-state index contributed by atoms with van der Waals surface area (Å²) in [6.07, 6.45) is -12.1. The van der Waals surface area contributed by atoms with Crippen LogP contribution in [0.1, 0.15) is 41.8 Å². The van der Waals surface area contributed by atoms with Gasteiger partial charge < -0.3 is 4.74 Å². The lowest BCUT2D eigenvalue weighted by Gasteiger charge is -2.37. The SMILES string of the molecule is C[C@H]1CC(c2cc(C(F)(F)F)cc(C(F)(F)F)c2)OC(=O)N1Cc1nc(Cl)ccc1Br. The van der Waals surface area contributed by atoms with Crippen molar-refractivity contribution < 1.29 is 35.9 Å². The number of cyclic esters (lactones) is 1. The fourth-order valence-corrected chi connectivity index (χ4v) is 3.69. The average Bonchev–Trinajstić information content (AvgIpc) is 2.65. The molecule has 31 heavy (non-hydrogen) atoms. The van der Waals surface area contributed by atoms with Crippen LogP contribution < -0.4 is 0 Å². The first-order valence-electron chi connectivity index (χ1n) is 8.83. The van der Waals surface area contributed by atoms with E-state index < -0.39 is 41.7 Å². The minimum absolute atomic E-state index is 0.00967. The summed E-state index contributed by atoms with van der Waals surface area (Å²) in [4.78, 5) is 17.9. The summed E-state index contributed by atoms with van der Waals surface area (Å²) in [7, 11) is 0. The van der Waals surface area contributed by atoms with Gasteiger partial charge in [0.2, 0.25) is 0 Å². The first-order valence-corrected chi connectivity index (χ1v) is 10.0. The quantitative estimate of drug-likeness (QED) is 0.316. The smallest absolute Gasteiger partial charge is 0.416 e. The van der Waals surface area contributed by atoms with E-state index in [4.69, 9.17) is 16.3 Å². The van der Waals surface area contributed by atoms with Crippen LogP contribution in [0.25, 0.3) is 0 Å². The van der Waals surface area contributed by atoms with Gasteiger partial charge in [0.15, 0.2) is 0 Å². The molecule has 1 aliphatic heterocycles. The van der Waals surface area contributed by atoms with E-state index in [1.807, 2.05) is 0 Å². The molecule has 0 aliphatic carbocycles. The zero-order chi connectivity index (χ0) is 23.1. The first-order chi connectivity index (χ1) is 14.3. The van der Waals surface area contributed by atoms with Crippen molar-refractivity contribution in [1.82, 2.24) is 9.88 Å². The second kappa shape index (κ2) is 8.50. The highest BCUT2D eigenvalue weighted by Crippen LogP contribution is 2.40. The molecule has 3 rings (SSSR count). The van der Waals surface area contributed by atoms with Crippen LogP contribution in [0.5, 0.6) is 0 Å². The number of pyridine rings is 1. The Morgan fingerprint density at radius 1 is 1.13 bits per heavy atom. The maximum absolute atomic E-state index is 13.1. The number of ether oxygens (including phenoxy) is 1. The van der Waals surface area contributed by atoms with E-state index in [2.05, 4.69) is 20.9 Å². The van der Waals surface area contributed by atoms with Gasteiger partial charge in [0.05, 0.1) is 23.4 Å². The predicted octanol–water partition coefficient (Wildman–Crippen LogP) is 7.01. The Labute approximate surface area is 186 Å². The van der Waals surface area contributed by atoms with E-state index in [0.717, 1.165) is 0 Å². The van der Waals surface area contributed by atoms with Crippen molar-refractivity contribution in [2.45, 2.75) is 44.4 Å². The number of hydrogen-bond acceptors (Lipinski definition) is 3. The lowest BCUT2D eigenvalue weighted by molar-refractivity contribution is -0.143. The molecule has 2 aromatic rings. The van der Waals surface area contributed by atoms with Crippen LogP contribution in [0.15, 0.2) is 34.8 Å². The van der Waals surface area contributed by atoms with Crippen molar-refractivity contribution >= 4 is 33.6 Å². The first kappa shape index (κ1) is 23.6. The highest BCUT2D eigenvalue weighted by molar-refractivity contribution is 9.10. The molecule has 168 valence electrons. The maximum atomic E-state index is 13.1. The Balaban J connectivity index is 1.88. The van der Waals surface area contributed by atoms with Crippen LogP contribution in [0.4, 0.5) is 31.1 Å². The van der Waals surface area contributed by atoms with Crippen molar-refractivity contribution in [1.29, 1.82) is 0 Å². The molecule has 0 saturated carbocycles. The van der Waals surface area contributed by atoms with Crippen LogP contribution in [0, 0.1) is 0 Å². The lowest BCUT2D eigenvalue weighted by atomic mass is 9.96. The fraction of sp³-hybridized carbons (Fsp3) is 0.368. The summed E-state index contributed by atoms with van der Waals surface area (Å²) in [5.41, 5.74) is -2.87. The molecule has 2 atom stereocenters. The molecule has 1 unspecified atom stereocenters. The summed E-state index contributed by atoms with van der Waals surface area (Å²) in [5, 5.41) is 0.192. The molecule has 0 spiro atoms. The van der Waals surface area contributed by atoms with Crippen LogP contribution in [0.3, 0.4) is 0 Å². The molecule has 0 bridgehead atoms. The van der Waals surface area contributed by atoms with Gasteiger partial charge in [-0.15, -0.1) is 0 Å². The standard InChI is InChI=1S/C19H14BrClF6N2O2/c1-9-4-15(10-5-11(18(22,23)24)7-12(6-10)19(25,26)27)31-17(30)29(9)8-14-13(20)2-3-16(21)28-14/h2-3,5-7,9,15H,4,8H2,1H3/t9-,15?/m0/s1. The normalized spacial score (nSPS) is 20.0. The number of benzene rings is 1. The molecular weight excluding hydrogens is 518 g/mol. The van der Waals surface area contributed by atoms with Crippen LogP contribution >= 0.6 is 27.5 Å². The van der Waals surface area contributed by atoms with E-state index in [-0.39, 0.29) is 29.7 Å². The summed E-state index contributed by atoms with van der Waals surface area (Å²) >= 11 is 9.15. The Kier molecular flexibility index (Phi) is 6.48. The number of halogens is 8. The summed E-state index contributed by atoms with van der Waals surface area (Å²) < 4.78 is 84.5. The molecule has 1 amide bonds. The van der Waals surface area contributed by atoms with Crippen molar-refractivity contribution in [3.05, 3.63) is 62.3 Å². The minimum atomic E-state index is -4.99. The number of carbonyl (C=O) groups excluding carboxylic acids is 1. The number of carbonyl (C=O) groups is 1. The third kappa shape index (κ3) is 5.43. The monoisotopic (exact) mass is 530 g/mol. The predicted molar refractivity (Wildman–Crippen MR) is 102 cm³/mol. The molecule has 1 aliphatic rings. The third-order valence-corrected chi connectivity index (χ3v) is 5.68. The molecule has 4 nitrogen and oxygen atoms in total. The Morgan fingerprint density at radius 3 is 2.23 bits per heavy atom. The van der Waals surface area contributed by atoms with Crippen molar-refractivity contribution in [2.24, 2.45) is 0 Å². The van der Waals surface area contributed by atoms with Gasteiger partial charge in [-0.2, -0.15) is 26.3 Å². The highest BCUT2D eigenvalue weighted by atomic mass is 79.9. The molecule has 12 heteroatoms. The lowest BCUT2D eigenvalue weighted by Crippen LogP contribution is -2.44. The summed E-state index contributed by atoms with van der Waals surface area (Å²) in [5.74, 6) is 0. The number of amides is 1. The number of hydrogen-bond donors (Lipinski definition) is 0. The van der Waals surface area contributed by atoms with Crippen molar-refractivity contribution in [3.8, 4) is 0 Å². The number of nitrogens with zero attached hydrogens (tertiary/aromatic N) is 2. The topological polar surface area (TPSA) is 42.4 Å². The average molecular weight is 532 g/mol. The molecule has 0 radical (unpaired) electrons. The fourth-order valence-electron chi connectivity index (χ4n) is 3.17. The van der Waals surface area contributed by atoms with E-state index in [1.165, 1.54) is 11.0 Å². The van der Waals surface area contributed by atoms with Crippen LogP contribution in [-0.2, 0) is 23.6 Å². The molecule has 1 saturated heterocycles. The summed E-state index contributed by atoms with van der Waals surface area (Å²) in [6.45, 7) is 1.61. The summed E-state index contributed by atoms with van der Waals surface area (Å²) in [6, 6.07) is 3.80. The van der Waals surface area contributed by atoms with Crippen molar-refractivity contribution in [2.75, 3.05) is 0 Å². The number of rotatable bonds is 3. The second-order valence-corrected chi connectivity index (χ2v) is 8.23. The van der Waals surface area contributed by atoms with Crippen LogP contribution in [0.2, 0.25) is 5.15 Å². The Bertz CT molecular complexity index is 966. The molecule has 1 aromatic heterocycles. The molecular formula is C19H14BrClF6N2O2. The van der Waals surface area contributed by atoms with Gasteiger partial charge >= 0.3 is 18.4 Å². The van der Waals surface area contributed by atoms with E-state index >= 15 is 0 Å². The van der Waals surface area contributed by atoms with Gasteiger partial charge in [-0.05, 0) is 58.7 Å². The van der Waals surface area contributed by atoms with Gasteiger partial charge in [-0.3, -0.25) is 4.90 Å². The van der Waals surface area contributed by atoms with Gasteiger partial charge in [0.25, 0.3) is 0 Å². The zero-order valence-electron chi connectivity index (χ0n) is 15.7. The molecule has 0 N–H and O–H groups in total. The molecule has 1 aromatic carbocycles. The van der Waals surface area contributed by atoms with Crippen LogP contribution in [-0.4, -0.2) is 22.0 Å². The highest BCUT2D eigenvalue weighted by Gasteiger charge is 2.40. The second-order valence-electron chi connectivity index (χ2n) is 6.99. The van der Waals surface area contributed by atoms with Gasteiger partial charge in [-0.1, -0.05) is 11.6 Å². The van der Waals surface area contributed by atoms with Crippen molar-refractivity contribution in [3.63, 3.8) is 0 Å². The number of alkyl halides is 6. The van der Waals surface area contributed by atoms with E-state index in [9.17, 15) is 31.1 Å². The Morgan fingerprint density at radius 2 is 1.71 bits per heavy atom. The van der Waals surface area contributed by atoms with Gasteiger partial charge in [-0.25, -0.2) is 9.78 Å².